The summed E-state index contributed by atoms with van der Waals surface area (Å²) in [6, 6.07) is 13.0. The SMILES string of the molecule is Cc1ccc(C)c(OCCCn2c(=O)oc(=O)c3ccccc32)c1. The molecule has 0 aliphatic rings. The second-order valence-electron chi connectivity index (χ2n) is 5.80. The molecule has 0 spiro atoms. The van der Waals surface area contributed by atoms with Crippen LogP contribution >= 0.6 is 0 Å². The van der Waals surface area contributed by atoms with Gasteiger partial charge in [-0.25, -0.2) is 9.59 Å². The van der Waals surface area contributed by atoms with E-state index in [2.05, 4.69) is 0 Å². The molecule has 1 aromatic heterocycles. The fourth-order valence-corrected chi connectivity index (χ4v) is 2.65. The van der Waals surface area contributed by atoms with Crippen LogP contribution in [0.2, 0.25) is 0 Å². The zero-order chi connectivity index (χ0) is 17.1. The highest BCUT2D eigenvalue weighted by molar-refractivity contribution is 5.77. The summed E-state index contributed by atoms with van der Waals surface area (Å²) in [5.74, 6) is 0.220. The maximum Gasteiger partial charge on any atom is 0.422 e. The highest BCUT2D eigenvalue weighted by atomic mass is 16.5. The Morgan fingerprint density at radius 3 is 2.71 bits per heavy atom. The van der Waals surface area contributed by atoms with Crippen LogP contribution in [0, 0.1) is 13.8 Å². The van der Waals surface area contributed by atoms with Crippen LogP contribution in [0.15, 0.2) is 56.5 Å². The number of benzene rings is 2. The maximum absolute atomic E-state index is 12.0. The van der Waals surface area contributed by atoms with E-state index in [0.29, 0.717) is 30.5 Å². The first kappa shape index (κ1) is 16.1. The molecule has 3 aromatic rings. The van der Waals surface area contributed by atoms with E-state index in [9.17, 15) is 9.59 Å². The minimum atomic E-state index is -0.634. The molecule has 5 heteroatoms. The van der Waals surface area contributed by atoms with E-state index in [1.54, 1.807) is 24.3 Å². The molecular formula is C19H19NO4. The van der Waals surface area contributed by atoms with Crippen molar-refractivity contribution in [3.8, 4) is 5.75 Å². The lowest BCUT2D eigenvalue weighted by Crippen LogP contribution is -2.25. The summed E-state index contributed by atoms with van der Waals surface area (Å²) in [5.41, 5.74) is 2.21. The molecule has 0 N–H and O–H groups in total. The van der Waals surface area contributed by atoms with Crippen molar-refractivity contribution in [3.63, 3.8) is 0 Å². The van der Waals surface area contributed by atoms with Gasteiger partial charge in [0.05, 0.1) is 17.5 Å². The number of aryl methyl sites for hydroxylation is 3. The lowest BCUT2D eigenvalue weighted by molar-refractivity contribution is 0.295. The van der Waals surface area contributed by atoms with Gasteiger partial charge >= 0.3 is 11.4 Å². The predicted molar refractivity (Wildman–Crippen MR) is 92.8 cm³/mol. The van der Waals surface area contributed by atoms with Crippen LogP contribution in [0.5, 0.6) is 5.75 Å². The van der Waals surface area contributed by atoms with E-state index in [4.69, 9.17) is 9.15 Å². The molecule has 0 bridgehead atoms. The van der Waals surface area contributed by atoms with Gasteiger partial charge in [0.2, 0.25) is 0 Å². The van der Waals surface area contributed by atoms with Gasteiger partial charge in [0.15, 0.2) is 0 Å². The van der Waals surface area contributed by atoms with Gasteiger partial charge in [-0.1, -0.05) is 24.3 Å². The third kappa shape index (κ3) is 3.25. The first-order chi connectivity index (χ1) is 11.6. The number of para-hydroxylation sites is 1. The predicted octanol–water partition coefficient (Wildman–Crippen LogP) is 3.04. The Balaban J connectivity index is 1.74. The molecule has 24 heavy (non-hydrogen) atoms. The number of hydrogen-bond acceptors (Lipinski definition) is 4. The summed E-state index contributed by atoms with van der Waals surface area (Å²) < 4.78 is 12.1. The van der Waals surface area contributed by atoms with Gasteiger partial charge in [0, 0.05) is 6.54 Å². The van der Waals surface area contributed by atoms with Gasteiger partial charge in [-0.05, 0) is 49.6 Å². The van der Waals surface area contributed by atoms with Gasteiger partial charge in [0.1, 0.15) is 5.75 Å². The van der Waals surface area contributed by atoms with E-state index >= 15 is 0 Å². The van der Waals surface area contributed by atoms with Crippen molar-refractivity contribution in [3.05, 3.63) is 74.6 Å². The number of hydrogen-bond donors (Lipinski definition) is 0. The Hall–Kier alpha value is -2.82. The van der Waals surface area contributed by atoms with Crippen molar-refractivity contribution in [2.24, 2.45) is 0 Å². The Morgan fingerprint density at radius 2 is 1.88 bits per heavy atom. The fourth-order valence-electron chi connectivity index (χ4n) is 2.65. The van der Waals surface area contributed by atoms with Crippen molar-refractivity contribution in [1.29, 1.82) is 0 Å². The number of aromatic nitrogens is 1. The van der Waals surface area contributed by atoms with Gasteiger partial charge in [0.25, 0.3) is 0 Å². The van der Waals surface area contributed by atoms with Gasteiger partial charge < -0.3 is 9.15 Å². The molecule has 0 saturated carbocycles. The van der Waals surface area contributed by atoms with Crippen molar-refractivity contribution in [1.82, 2.24) is 4.57 Å². The first-order valence-corrected chi connectivity index (χ1v) is 7.89. The third-order valence-corrected chi connectivity index (χ3v) is 3.94. The second-order valence-corrected chi connectivity index (χ2v) is 5.80. The summed E-state index contributed by atoms with van der Waals surface area (Å²) >= 11 is 0. The van der Waals surface area contributed by atoms with E-state index < -0.39 is 11.4 Å². The highest BCUT2D eigenvalue weighted by Crippen LogP contribution is 2.19. The minimum Gasteiger partial charge on any atom is -0.493 e. The van der Waals surface area contributed by atoms with Crippen molar-refractivity contribution >= 4 is 10.9 Å². The Morgan fingerprint density at radius 1 is 1.08 bits per heavy atom. The first-order valence-electron chi connectivity index (χ1n) is 7.89. The smallest absolute Gasteiger partial charge is 0.422 e. The van der Waals surface area contributed by atoms with Crippen molar-refractivity contribution in [2.75, 3.05) is 6.61 Å². The quantitative estimate of drug-likeness (QED) is 0.677. The highest BCUT2D eigenvalue weighted by Gasteiger charge is 2.08. The molecule has 0 fully saturated rings. The molecule has 0 saturated heterocycles. The second kappa shape index (κ2) is 6.74. The molecule has 0 amide bonds. The molecule has 0 aliphatic carbocycles. The van der Waals surface area contributed by atoms with E-state index in [1.807, 2.05) is 32.0 Å². The standard InChI is InChI=1S/C19H19NO4/c1-13-8-9-14(2)17(12-13)23-11-5-10-20-16-7-4-3-6-15(16)18(21)24-19(20)22/h3-4,6-9,12H,5,10-11H2,1-2H3. The molecule has 5 nitrogen and oxygen atoms in total. The van der Waals surface area contributed by atoms with Crippen LogP contribution in [0.3, 0.4) is 0 Å². The topological polar surface area (TPSA) is 61.4 Å². The zero-order valence-electron chi connectivity index (χ0n) is 13.7. The van der Waals surface area contributed by atoms with Crippen LogP contribution < -0.4 is 16.1 Å². The lowest BCUT2D eigenvalue weighted by Gasteiger charge is -2.11. The Labute approximate surface area is 139 Å². The number of fused-ring (bicyclic) bond motifs is 1. The molecule has 2 aromatic carbocycles. The van der Waals surface area contributed by atoms with Crippen LogP contribution in [0.25, 0.3) is 10.9 Å². The van der Waals surface area contributed by atoms with Crippen molar-refractivity contribution < 1.29 is 9.15 Å². The molecule has 0 unspecified atom stereocenters. The normalized spacial score (nSPS) is 10.9. The summed E-state index contributed by atoms with van der Waals surface area (Å²) in [6.07, 6.45) is 0.630. The molecular weight excluding hydrogens is 306 g/mol. The minimum absolute atomic E-state index is 0.410. The van der Waals surface area contributed by atoms with E-state index in [1.165, 1.54) is 4.57 Å². The van der Waals surface area contributed by atoms with Gasteiger partial charge in [-0.15, -0.1) is 0 Å². The van der Waals surface area contributed by atoms with Crippen molar-refractivity contribution in [2.45, 2.75) is 26.8 Å². The summed E-state index contributed by atoms with van der Waals surface area (Å²) in [7, 11) is 0. The average Bonchev–Trinajstić information content (AvgIpc) is 2.57. The van der Waals surface area contributed by atoms with Crippen LogP contribution in [-0.4, -0.2) is 11.2 Å². The Bertz CT molecular complexity index is 985. The molecule has 1 heterocycles. The average molecular weight is 325 g/mol. The van der Waals surface area contributed by atoms with Crippen LogP contribution in [-0.2, 0) is 6.54 Å². The number of rotatable bonds is 5. The molecule has 0 radical (unpaired) electrons. The monoisotopic (exact) mass is 325 g/mol. The zero-order valence-corrected chi connectivity index (χ0v) is 13.7. The summed E-state index contributed by atoms with van der Waals surface area (Å²) in [5, 5.41) is 0.410. The van der Waals surface area contributed by atoms with Gasteiger partial charge in [-0.3, -0.25) is 4.57 Å². The molecule has 0 atom stereocenters. The third-order valence-electron chi connectivity index (χ3n) is 3.94. The lowest BCUT2D eigenvalue weighted by atomic mass is 10.1. The summed E-state index contributed by atoms with van der Waals surface area (Å²) in [4.78, 5) is 23.7. The number of ether oxygens (including phenoxy) is 1. The fraction of sp³-hybridized carbons (Fsp3) is 0.263. The maximum atomic E-state index is 12.0. The molecule has 124 valence electrons. The molecule has 3 rings (SSSR count). The van der Waals surface area contributed by atoms with E-state index in [0.717, 1.165) is 16.9 Å². The molecule has 0 aliphatic heterocycles. The Kier molecular flexibility index (Phi) is 4.51. The van der Waals surface area contributed by atoms with Crippen LogP contribution in [0.4, 0.5) is 0 Å². The largest absolute Gasteiger partial charge is 0.493 e. The van der Waals surface area contributed by atoms with Gasteiger partial charge in [-0.2, -0.15) is 0 Å². The van der Waals surface area contributed by atoms with E-state index in [-0.39, 0.29) is 0 Å². The van der Waals surface area contributed by atoms with Crippen LogP contribution in [0.1, 0.15) is 17.5 Å². The summed E-state index contributed by atoms with van der Waals surface area (Å²) in [6.45, 7) is 4.92. The number of nitrogens with zero attached hydrogens (tertiary/aromatic N) is 1.